The average molecular weight is 231 g/mol. The second-order valence-electron chi connectivity index (χ2n) is 3.80. The van der Waals surface area contributed by atoms with E-state index in [4.69, 9.17) is 10.5 Å². The molecule has 0 aromatic heterocycles. The highest BCUT2D eigenvalue weighted by Crippen LogP contribution is 2.40. The topological polar surface area (TPSA) is 35.2 Å². The Balaban J connectivity index is 2.31. The van der Waals surface area contributed by atoms with Crippen molar-refractivity contribution in [3.8, 4) is 5.75 Å². The Morgan fingerprint density at radius 1 is 1.38 bits per heavy atom. The lowest BCUT2D eigenvalue weighted by Crippen LogP contribution is -2.18. The van der Waals surface area contributed by atoms with Crippen LogP contribution in [0.15, 0.2) is 18.2 Å². The van der Waals surface area contributed by atoms with Gasteiger partial charge in [-0.2, -0.15) is 13.2 Å². The fourth-order valence-electron chi connectivity index (χ4n) is 1.95. The van der Waals surface area contributed by atoms with E-state index in [-0.39, 0.29) is 11.7 Å². The summed E-state index contributed by atoms with van der Waals surface area (Å²) < 4.78 is 43.4. The van der Waals surface area contributed by atoms with Crippen LogP contribution < -0.4 is 10.5 Å². The standard InChI is InChI=1S/C11H12F3NO/c12-11(13,14)9-2-1-3-10-8(9)6-7(16-10)4-5-15/h1-3,7H,4-6,15H2. The van der Waals surface area contributed by atoms with Gasteiger partial charge in [-0.15, -0.1) is 0 Å². The van der Waals surface area contributed by atoms with Crippen LogP contribution in [0.2, 0.25) is 0 Å². The second-order valence-corrected chi connectivity index (χ2v) is 3.80. The van der Waals surface area contributed by atoms with Crippen LogP contribution in [0.3, 0.4) is 0 Å². The van der Waals surface area contributed by atoms with E-state index in [1.165, 1.54) is 6.07 Å². The van der Waals surface area contributed by atoms with Crippen LogP contribution in [-0.4, -0.2) is 12.6 Å². The molecular formula is C11H12F3NO. The summed E-state index contributed by atoms with van der Waals surface area (Å²) in [5.74, 6) is 0.341. The molecular weight excluding hydrogens is 219 g/mol. The molecule has 1 atom stereocenters. The molecule has 0 saturated heterocycles. The van der Waals surface area contributed by atoms with E-state index in [0.29, 0.717) is 25.1 Å². The van der Waals surface area contributed by atoms with Crippen molar-refractivity contribution in [2.75, 3.05) is 6.54 Å². The quantitative estimate of drug-likeness (QED) is 0.848. The number of halogens is 3. The third-order valence-corrected chi connectivity index (χ3v) is 2.65. The van der Waals surface area contributed by atoms with Crippen LogP contribution in [0, 0.1) is 0 Å². The molecule has 1 heterocycles. The molecule has 0 amide bonds. The summed E-state index contributed by atoms with van der Waals surface area (Å²) in [5.41, 5.74) is 5.03. The predicted octanol–water partition coefficient (Wildman–Crippen LogP) is 2.36. The van der Waals surface area contributed by atoms with Crippen LogP contribution in [-0.2, 0) is 12.6 Å². The average Bonchev–Trinajstić information content (AvgIpc) is 2.58. The molecule has 1 aliphatic rings. The van der Waals surface area contributed by atoms with E-state index in [1.54, 1.807) is 6.07 Å². The molecule has 0 bridgehead atoms. The van der Waals surface area contributed by atoms with E-state index in [2.05, 4.69) is 0 Å². The fourth-order valence-corrected chi connectivity index (χ4v) is 1.95. The van der Waals surface area contributed by atoms with Crippen LogP contribution in [0.1, 0.15) is 17.5 Å². The smallest absolute Gasteiger partial charge is 0.416 e. The first kappa shape index (κ1) is 11.3. The third-order valence-electron chi connectivity index (χ3n) is 2.65. The monoisotopic (exact) mass is 231 g/mol. The zero-order valence-electron chi connectivity index (χ0n) is 8.55. The van der Waals surface area contributed by atoms with E-state index >= 15 is 0 Å². The molecule has 2 nitrogen and oxygen atoms in total. The van der Waals surface area contributed by atoms with Gasteiger partial charge in [0.2, 0.25) is 0 Å². The Morgan fingerprint density at radius 2 is 2.12 bits per heavy atom. The Bertz CT molecular complexity index is 389. The van der Waals surface area contributed by atoms with Crippen LogP contribution in [0.4, 0.5) is 13.2 Å². The lowest BCUT2D eigenvalue weighted by Gasteiger charge is -2.09. The molecule has 0 saturated carbocycles. The maximum Gasteiger partial charge on any atom is 0.416 e. The second kappa shape index (κ2) is 3.97. The van der Waals surface area contributed by atoms with Gasteiger partial charge in [0.25, 0.3) is 0 Å². The summed E-state index contributed by atoms with van der Waals surface area (Å²) in [7, 11) is 0. The molecule has 0 aliphatic carbocycles. The normalized spacial score (nSPS) is 19.4. The number of nitrogens with two attached hydrogens (primary N) is 1. The van der Waals surface area contributed by atoms with Gasteiger partial charge in [-0.3, -0.25) is 0 Å². The van der Waals surface area contributed by atoms with Crippen molar-refractivity contribution >= 4 is 0 Å². The fraction of sp³-hybridized carbons (Fsp3) is 0.455. The van der Waals surface area contributed by atoms with E-state index < -0.39 is 11.7 Å². The minimum Gasteiger partial charge on any atom is -0.490 e. The van der Waals surface area contributed by atoms with Crippen molar-refractivity contribution in [3.63, 3.8) is 0 Å². The minimum atomic E-state index is -4.31. The molecule has 5 heteroatoms. The molecule has 0 fully saturated rings. The van der Waals surface area contributed by atoms with Crippen molar-refractivity contribution in [2.45, 2.75) is 25.1 Å². The first-order valence-electron chi connectivity index (χ1n) is 5.08. The van der Waals surface area contributed by atoms with E-state index in [0.717, 1.165) is 6.07 Å². The van der Waals surface area contributed by atoms with Gasteiger partial charge in [0, 0.05) is 12.0 Å². The molecule has 1 aromatic carbocycles. The number of ether oxygens (including phenoxy) is 1. The SMILES string of the molecule is NCCC1Cc2c(cccc2C(F)(F)F)O1. The highest BCUT2D eigenvalue weighted by Gasteiger charge is 2.37. The minimum absolute atomic E-state index is 0.219. The Morgan fingerprint density at radius 3 is 2.75 bits per heavy atom. The Labute approximate surface area is 91.2 Å². The van der Waals surface area contributed by atoms with Gasteiger partial charge in [-0.1, -0.05) is 6.07 Å². The highest BCUT2D eigenvalue weighted by atomic mass is 19.4. The summed E-state index contributed by atoms with van der Waals surface area (Å²) in [6.45, 7) is 0.417. The molecule has 0 spiro atoms. The van der Waals surface area contributed by atoms with Gasteiger partial charge < -0.3 is 10.5 Å². The zero-order chi connectivity index (χ0) is 11.8. The molecule has 2 rings (SSSR count). The summed E-state index contributed by atoms with van der Waals surface area (Å²) in [5, 5.41) is 0. The first-order chi connectivity index (χ1) is 7.52. The lowest BCUT2D eigenvalue weighted by molar-refractivity contribution is -0.138. The number of rotatable bonds is 2. The molecule has 1 unspecified atom stereocenters. The summed E-state index contributed by atoms with van der Waals surface area (Å²) >= 11 is 0. The van der Waals surface area contributed by atoms with Crippen LogP contribution in [0.5, 0.6) is 5.75 Å². The van der Waals surface area contributed by atoms with Crippen LogP contribution >= 0.6 is 0 Å². The maximum absolute atomic E-state index is 12.7. The van der Waals surface area contributed by atoms with Gasteiger partial charge in [-0.25, -0.2) is 0 Å². The molecule has 1 aromatic rings. The van der Waals surface area contributed by atoms with Crippen molar-refractivity contribution in [1.82, 2.24) is 0 Å². The molecule has 0 radical (unpaired) electrons. The Kier molecular flexibility index (Phi) is 2.80. The predicted molar refractivity (Wildman–Crippen MR) is 53.2 cm³/mol. The van der Waals surface area contributed by atoms with Gasteiger partial charge in [-0.05, 0) is 25.1 Å². The van der Waals surface area contributed by atoms with Crippen LogP contribution in [0.25, 0.3) is 0 Å². The van der Waals surface area contributed by atoms with E-state index in [9.17, 15) is 13.2 Å². The number of hydrogen-bond donors (Lipinski definition) is 1. The maximum atomic E-state index is 12.7. The summed E-state index contributed by atoms with van der Waals surface area (Å²) in [4.78, 5) is 0. The zero-order valence-corrected chi connectivity index (χ0v) is 8.55. The van der Waals surface area contributed by atoms with Gasteiger partial charge in [0.05, 0.1) is 5.56 Å². The largest absolute Gasteiger partial charge is 0.490 e. The number of fused-ring (bicyclic) bond motifs is 1. The van der Waals surface area contributed by atoms with Gasteiger partial charge in [0.1, 0.15) is 11.9 Å². The number of benzene rings is 1. The van der Waals surface area contributed by atoms with Crippen molar-refractivity contribution in [2.24, 2.45) is 5.73 Å². The van der Waals surface area contributed by atoms with Crippen molar-refractivity contribution in [1.29, 1.82) is 0 Å². The molecule has 2 N–H and O–H groups in total. The van der Waals surface area contributed by atoms with E-state index in [1.807, 2.05) is 0 Å². The summed E-state index contributed by atoms with van der Waals surface area (Å²) in [6.07, 6.45) is -3.66. The first-order valence-corrected chi connectivity index (χ1v) is 5.08. The molecule has 1 aliphatic heterocycles. The third kappa shape index (κ3) is 2.00. The lowest BCUT2D eigenvalue weighted by atomic mass is 10.0. The molecule has 16 heavy (non-hydrogen) atoms. The van der Waals surface area contributed by atoms with Crippen molar-refractivity contribution < 1.29 is 17.9 Å². The number of alkyl halides is 3. The van der Waals surface area contributed by atoms with Gasteiger partial charge >= 0.3 is 6.18 Å². The van der Waals surface area contributed by atoms with Crippen molar-refractivity contribution in [3.05, 3.63) is 29.3 Å². The summed E-state index contributed by atoms with van der Waals surface area (Å²) in [6, 6.07) is 4.03. The number of hydrogen-bond acceptors (Lipinski definition) is 2. The molecule has 88 valence electrons. The van der Waals surface area contributed by atoms with Gasteiger partial charge in [0.15, 0.2) is 0 Å². The Hall–Kier alpha value is -1.23. The highest BCUT2D eigenvalue weighted by molar-refractivity contribution is 5.44.